The lowest BCUT2D eigenvalue weighted by Crippen LogP contribution is -2.28. The van der Waals surface area contributed by atoms with Crippen molar-refractivity contribution in [2.24, 2.45) is 0 Å². The Morgan fingerprint density at radius 2 is 2.17 bits per heavy atom. The maximum Gasteiger partial charge on any atom is 0.282 e. The van der Waals surface area contributed by atoms with Crippen molar-refractivity contribution in [3.05, 3.63) is 51.4 Å². The summed E-state index contributed by atoms with van der Waals surface area (Å²) in [6.07, 6.45) is 3.05. The van der Waals surface area contributed by atoms with Crippen molar-refractivity contribution in [2.75, 3.05) is 32.1 Å². The van der Waals surface area contributed by atoms with Gasteiger partial charge >= 0.3 is 0 Å². The first kappa shape index (κ1) is 20.4. The van der Waals surface area contributed by atoms with E-state index in [1.165, 1.54) is 24.5 Å². The van der Waals surface area contributed by atoms with Gasteiger partial charge in [0.1, 0.15) is 17.7 Å². The van der Waals surface area contributed by atoms with Crippen LogP contribution in [-0.4, -0.2) is 57.4 Å². The summed E-state index contributed by atoms with van der Waals surface area (Å²) < 4.78 is 6.62. The van der Waals surface area contributed by atoms with Crippen LogP contribution in [0, 0.1) is 10.1 Å². The van der Waals surface area contributed by atoms with Crippen molar-refractivity contribution in [2.45, 2.75) is 6.54 Å². The number of rotatable bonds is 9. The molecule has 0 bridgehead atoms. The van der Waals surface area contributed by atoms with Crippen molar-refractivity contribution >= 4 is 40.0 Å². The molecular formula is C17H18ClN7O4. The third kappa shape index (κ3) is 4.76. The Balaban J connectivity index is 1.67. The molecule has 0 aliphatic heterocycles. The third-order valence-corrected chi connectivity index (χ3v) is 4.28. The van der Waals surface area contributed by atoms with Crippen LogP contribution in [-0.2, 0) is 11.3 Å². The molecule has 2 heterocycles. The van der Waals surface area contributed by atoms with Crippen molar-refractivity contribution in [3.8, 4) is 0 Å². The van der Waals surface area contributed by atoms with Gasteiger partial charge in [-0.05, 0) is 12.1 Å². The van der Waals surface area contributed by atoms with E-state index >= 15 is 0 Å². The summed E-state index contributed by atoms with van der Waals surface area (Å²) in [5.41, 5.74) is 0.193. The number of amides is 1. The highest BCUT2D eigenvalue weighted by molar-refractivity contribution is 6.31. The summed E-state index contributed by atoms with van der Waals surface area (Å²) in [4.78, 5) is 31.3. The topological polar surface area (TPSA) is 137 Å². The monoisotopic (exact) mass is 419 g/mol. The van der Waals surface area contributed by atoms with Gasteiger partial charge in [0.25, 0.3) is 11.6 Å². The fourth-order valence-electron chi connectivity index (χ4n) is 2.69. The molecule has 1 aromatic carbocycles. The summed E-state index contributed by atoms with van der Waals surface area (Å²) in [6, 6.07) is 3.83. The smallest absolute Gasteiger partial charge is 0.282 e. The second-order valence-electron chi connectivity index (χ2n) is 5.92. The minimum absolute atomic E-state index is 0.0974. The van der Waals surface area contributed by atoms with Gasteiger partial charge in [0, 0.05) is 31.3 Å². The van der Waals surface area contributed by atoms with Gasteiger partial charge in [-0.2, -0.15) is 5.10 Å². The molecule has 0 unspecified atom stereocenters. The lowest BCUT2D eigenvalue weighted by Gasteiger charge is -2.08. The van der Waals surface area contributed by atoms with E-state index < -0.39 is 10.8 Å². The lowest BCUT2D eigenvalue weighted by atomic mass is 10.1. The molecule has 0 aliphatic rings. The Hall–Kier alpha value is -3.31. The molecule has 29 heavy (non-hydrogen) atoms. The number of benzene rings is 1. The van der Waals surface area contributed by atoms with E-state index in [4.69, 9.17) is 16.3 Å². The van der Waals surface area contributed by atoms with Gasteiger partial charge in [0.15, 0.2) is 5.65 Å². The van der Waals surface area contributed by atoms with Crippen LogP contribution in [0.3, 0.4) is 0 Å². The van der Waals surface area contributed by atoms with E-state index in [9.17, 15) is 14.9 Å². The van der Waals surface area contributed by atoms with Gasteiger partial charge < -0.3 is 15.4 Å². The minimum Gasteiger partial charge on any atom is -0.383 e. The molecule has 1 amide bonds. The van der Waals surface area contributed by atoms with Crippen LogP contribution in [0.1, 0.15) is 10.4 Å². The van der Waals surface area contributed by atoms with E-state index in [-0.39, 0.29) is 22.8 Å². The predicted molar refractivity (Wildman–Crippen MR) is 106 cm³/mol. The molecule has 0 radical (unpaired) electrons. The number of nitrogens with zero attached hydrogens (tertiary/aromatic N) is 5. The molecular weight excluding hydrogens is 402 g/mol. The maximum atomic E-state index is 12.4. The summed E-state index contributed by atoms with van der Waals surface area (Å²) >= 11 is 5.86. The molecule has 0 saturated heterocycles. The van der Waals surface area contributed by atoms with Gasteiger partial charge in [-0.1, -0.05) is 11.6 Å². The van der Waals surface area contributed by atoms with E-state index in [0.29, 0.717) is 31.2 Å². The zero-order chi connectivity index (χ0) is 20.8. The van der Waals surface area contributed by atoms with Crippen LogP contribution < -0.4 is 10.6 Å². The SMILES string of the molecule is COCCNc1ncnc2c1cnn2CCNC(=O)c1cc(Cl)ccc1[N+](=O)[O-]. The number of halogens is 1. The number of aromatic nitrogens is 4. The molecule has 0 spiro atoms. The molecule has 3 rings (SSSR count). The summed E-state index contributed by atoms with van der Waals surface area (Å²) in [5.74, 6) is 0.0455. The Labute approximate surface area is 170 Å². The molecule has 0 fully saturated rings. The largest absolute Gasteiger partial charge is 0.383 e. The fraction of sp³-hybridized carbons (Fsp3) is 0.294. The first-order chi connectivity index (χ1) is 14.0. The second-order valence-corrected chi connectivity index (χ2v) is 6.36. The standard InChI is InChI=1S/C17H18ClN7O4/c1-29-7-5-19-15-13-9-23-24(16(13)22-10-21-15)6-4-20-17(26)12-8-11(18)2-3-14(12)25(27)28/h2-3,8-10H,4-7H2,1H3,(H,20,26)(H,19,21,22). The molecule has 2 N–H and O–H groups in total. The number of anilines is 1. The van der Waals surface area contributed by atoms with E-state index in [1.807, 2.05) is 0 Å². The zero-order valence-corrected chi connectivity index (χ0v) is 16.2. The van der Waals surface area contributed by atoms with Gasteiger partial charge in [0.2, 0.25) is 0 Å². The average molecular weight is 420 g/mol. The quantitative estimate of drug-likeness (QED) is 0.304. The Kier molecular flexibility index (Phi) is 6.52. The average Bonchev–Trinajstić information content (AvgIpc) is 3.12. The number of methoxy groups -OCH3 is 1. The number of ether oxygens (including phenoxy) is 1. The molecule has 0 saturated carbocycles. The summed E-state index contributed by atoms with van der Waals surface area (Å²) in [7, 11) is 1.61. The Morgan fingerprint density at radius 1 is 1.34 bits per heavy atom. The maximum absolute atomic E-state index is 12.4. The fourth-order valence-corrected chi connectivity index (χ4v) is 2.86. The van der Waals surface area contributed by atoms with Gasteiger partial charge in [-0.3, -0.25) is 14.9 Å². The van der Waals surface area contributed by atoms with Crippen LogP contribution in [0.15, 0.2) is 30.7 Å². The number of hydrogen-bond acceptors (Lipinski definition) is 8. The van der Waals surface area contributed by atoms with Crippen LogP contribution in [0.4, 0.5) is 11.5 Å². The molecule has 3 aromatic rings. The highest BCUT2D eigenvalue weighted by Gasteiger charge is 2.20. The predicted octanol–water partition coefficient (Wildman–Crippen LogP) is 1.88. The number of carbonyl (C=O) groups excluding carboxylic acids is 1. The van der Waals surface area contributed by atoms with Gasteiger partial charge in [-0.25, -0.2) is 14.6 Å². The molecule has 0 atom stereocenters. The van der Waals surface area contributed by atoms with E-state index in [1.54, 1.807) is 18.0 Å². The highest BCUT2D eigenvalue weighted by atomic mass is 35.5. The zero-order valence-electron chi connectivity index (χ0n) is 15.5. The second kappa shape index (κ2) is 9.26. The van der Waals surface area contributed by atoms with Crippen LogP contribution >= 0.6 is 11.6 Å². The molecule has 11 nitrogen and oxygen atoms in total. The Bertz CT molecular complexity index is 1040. The molecule has 12 heteroatoms. The van der Waals surface area contributed by atoms with Gasteiger partial charge in [0.05, 0.1) is 29.7 Å². The summed E-state index contributed by atoms with van der Waals surface area (Å²) in [5, 5.41) is 22.2. The highest BCUT2D eigenvalue weighted by Crippen LogP contribution is 2.22. The normalized spacial score (nSPS) is 10.8. The molecule has 152 valence electrons. The third-order valence-electron chi connectivity index (χ3n) is 4.04. The number of hydrogen-bond donors (Lipinski definition) is 2. The summed E-state index contributed by atoms with van der Waals surface area (Å²) in [6.45, 7) is 1.62. The van der Waals surface area contributed by atoms with Crippen molar-refractivity contribution in [1.29, 1.82) is 0 Å². The van der Waals surface area contributed by atoms with Crippen LogP contribution in [0.5, 0.6) is 0 Å². The number of nitrogens with one attached hydrogen (secondary N) is 2. The first-order valence-electron chi connectivity index (χ1n) is 8.62. The van der Waals surface area contributed by atoms with E-state index in [0.717, 1.165) is 5.39 Å². The number of fused-ring (bicyclic) bond motifs is 1. The first-order valence-corrected chi connectivity index (χ1v) is 9.00. The number of nitro groups is 1. The van der Waals surface area contributed by atoms with E-state index in [2.05, 4.69) is 25.7 Å². The Morgan fingerprint density at radius 3 is 2.93 bits per heavy atom. The minimum atomic E-state index is -0.624. The van der Waals surface area contributed by atoms with Crippen molar-refractivity contribution < 1.29 is 14.5 Å². The lowest BCUT2D eigenvalue weighted by molar-refractivity contribution is -0.385. The molecule has 2 aromatic heterocycles. The number of carbonyl (C=O) groups is 1. The van der Waals surface area contributed by atoms with Crippen LogP contribution in [0.25, 0.3) is 11.0 Å². The van der Waals surface area contributed by atoms with Crippen molar-refractivity contribution in [3.63, 3.8) is 0 Å². The van der Waals surface area contributed by atoms with Gasteiger partial charge in [-0.15, -0.1) is 0 Å². The number of nitro benzene ring substituents is 1. The van der Waals surface area contributed by atoms with Crippen molar-refractivity contribution in [1.82, 2.24) is 25.1 Å². The molecule has 0 aliphatic carbocycles. The van der Waals surface area contributed by atoms with Crippen LogP contribution in [0.2, 0.25) is 5.02 Å².